The van der Waals surface area contributed by atoms with Crippen molar-refractivity contribution in [3.63, 3.8) is 0 Å². The Kier molecular flexibility index (Phi) is 5.40. The maximum atomic E-state index is 13.5. The number of nitrogens with one attached hydrogen (secondary N) is 1. The van der Waals surface area contributed by atoms with E-state index in [-0.39, 0.29) is 37.6 Å². The van der Waals surface area contributed by atoms with E-state index in [2.05, 4.69) is 15.4 Å². The van der Waals surface area contributed by atoms with Crippen LogP contribution in [0.15, 0.2) is 36.4 Å². The molecule has 170 valence electrons. The third-order valence-corrected chi connectivity index (χ3v) is 5.90. The Morgan fingerprint density at radius 2 is 1.82 bits per heavy atom. The number of aryl methyl sites for hydroxylation is 2. The van der Waals surface area contributed by atoms with Gasteiger partial charge in [-0.2, -0.15) is 18.3 Å². The predicted molar refractivity (Wildman–Crippen MR) is 114 cm³/mol. The first-order chi connectivity index (χ1) is 15.5. The zero-order valence-corrected chi connectivity index (χ0v) is 17.9. The van der Waals surface area contributed by atoms with Crippen LogP contribution in [0.4, 0.5) is 23.2 Å². The summed E-state index contributed by atoms with van der Waals surface area (Å²) in [5.74, 6) is -2.18. The Hall–Kier alpha value is -3.80. The van der Waals surface area contributed by atoms with E-state index in [0.29, 0.717) is 17.0 Å². The summed E-state index contributed by atoms with van der Waals surface area (Å²) < 4.78 is 55.4. The summed E-state index contributed by atoms with van der Waals surface area (Å²) >= 11 is 0.624. The number of thiophene rings is 1. The highest BCUT2D eigenvalue weighted by Gasteiger charge is 2.35. The Morgan fingerprint density at radius 1 is 1.15 bits per heavy atom. The molecule has 1 aromatic carbocycles. The third kappa shape index (κ3) is 4.16. The topological polar surface area (TPSA) is 103 Å². The molecule has 0 saturated carbocycles. The summed E-state index contributed by atoms with van der Waals surface area (Å²) in [6, 6.07) is 7.06. The number of hydrogen-bond acceptors (Lipinski definition) is 5. The van der Waals surface area contributed by atoms with Crippen molar-refractivity contribution in [1.82, 2.24) is 14.8 Å². The standard InChI is InChI=1S/C21H15F4N5O2S/c1-9-7-13(30(2)29-9)19(32)28-16-15-12(10-3-5-11(22)6-4-10)8-14(21(23,24)25)27-20(15)33-17(16)18(26)31/h3-8H,1-2H3,(H2,26,31)(H,28,32). The van der Waals surface area contributed by atoms with Crippen molar-refractivity contribution in [2.45, 2.75) is 13.1 Å². The first-order valence-corrected chi connectivity index (χ1v) is 10.2. The summed E-state index contributed by atoms with van der Waals surface area (Å²) in [6.45, 7) is 1.68. The van der Waals surface area contributed by atoms with Crippen molar-refractivity contribution in [3.05, 3.63) is 64.2 Å². The molecule has 0 saturated heterocycles. The smallest absolute Gasteiger partial charge is 0.365 e. The molecular weight excluding hydrogens is 462 g/mol. The van der Waals surface area contributed by atoms with Crippen LogP contribution in [-0.4, -0.2) is 26.6 Å². The fraction of sp³-hybridized carbons (Fsp3) is 0.143. The van der Waals surface area contributed by atoms with Gasteiger partial charge in [-0.3, -0.25) is 14.3 Å². The van der Waals surface area contributed by atoms with Crippen molar-refractivity contribution in [2.24, 2.45) is 12.8 Å². The van der Waals surface area contributed by atoms with Crippen molar-refractivity contribution < 1.29 is 27.2 Å². The molecule has 0 bridgehead atoms. The number of aromatic nitrogens is 3. The lowest BCUT2D eigenvalue weighted by Gasteiger charge is -2.12. The summed E-state index contributed by atoms with van der Waals surface area (Å²) in [6.07, 6.45) is -4.78. The highest BCUT2D eigenvalue weighted by Crippen LogP contribution is 2.43. The summed E-state index contributed by atoms with van der Waals surface area (Å²) in [7, 11) is 1.55. The molecule has 0 spiro atoms. The van der Waals surface area contributed by atoms with Crippen molar-refractivity contribution >= 4 is 39.1 Å². The summed E-state index contributed by atoms with van der Waals surface area (Å²) in [5.41, 5.74) is 5.15. The molecule has 3 aromatic heterocycles. The fourth-order valence-corrected chi connectivity index (χ4v) is 4.40. The lowest BCUT2D eigenvalue weighted by atomic mass is 10.0. The van der Waals surface area contributed by atoms with Crippen LogP contribution in [0.25, 0.3) is 21.3 Å². The Morgan fingerprint density at radius 3 is 2.36 bits per heavy atom. The van der Waals surface area contributed by atoms with Crippen LogP contribution in [-0.2, 0) is 13.2 Å². The number of pyridine rings is 1. The van der Waals surface area contributed by atoms with Crippen molar-refractivity contribution in [1.29, 1.82) is 0 Å². The van der Waals surface area contributed by atoms with E-state index < -0.39 is 29.5 Å². The highest BCUT2D eigenvalue weighted by atomic mass is 32.1. The molecule has 12 heteroatoms. The molecule has 4 aromatic rings. The van der Waals surface area contributed by atoms with Crippen molar-refractivity contribution in [3.8, 4) is 11.1 Å². The number of alkyl halides is 3. The van der Waals surface area contributed by atoms with Crippen LogP contribution in [0.2, 0.25) is 0 Å². The van der Waals surface area contributed by atoms with Crippen LogP contribution in [0.1, 0.15) is 31.5 Å². The zero-order valence-electron chi connectivity index (χ0n) is 17.1. The van der Waals surface area contributed by atoms with Gasteiger partial charge < -0.3 is 11.1 Å². The van der Waals surface area contributed by atoms with Gasteiger partial charge in [-0.15, -0.1) is 11.3 Å². The van der Waals surface area contributed by atoms with Gasteiger partial charge in [0.2, 0.25) is 0 Å². The van der Waals surface area contributed by atoms with E-state index in [1.165, 1.54) is 22.9 Å². The third-order valence-electron chi connectivity index (χ3n) is 4.80. The van der Waals surface area contributed by atoms with Gasteiger partial charge in [-0.05, 0) is 42.3 Å². The maximum Gasteiger partial charge on any atom is 0.433 e. The molecule has 0 aliphatic heterocycles. The van der Waals surface area contributed by atoms with E-state index in [1.807, 2.05) is 0 Å². The lowest BCUT2D eigenvalue weighted by Crippen LogP contribution is -2.19. The first-order valence-electron chi connectivity index (χ1n) is 9.38. The fourth-order valence-electron chi connectivity index (χ4n) is 3.39. The number of rotatable bonds is 4. The average molecular weight is 477 g/mol. The van der Waals surface area contributed by atoms with Crippen LogP contribution in [0.3, 0.4) is 0 Å². The molecule has 3 heterocycles. The van der Waals surface area contributed by atoms with Crippen LogP contribution < -0.4 is 11.1 Å². The molecule has 7 nitrogen and oxygen atoms in total. The number of fused-ring (bicyclic) bond motifs is 1. The van der Waals surface area contributed by atoms with E-state index in [1.54, 1.807) is 14.0 Å². The Balaban J connectivity index is 1.99. The molecular formula is C21H15F4N5O2S. The normalized spacial score (nSPS) is 11.7. The largest absolute Gasteiger partial charge is 0.433 e. The number of benzene rings is 1. The monoisotopic (exact) mass is 477 g/mol. The molecule has 0 unspecified atom stereocenters. The number of carbonyl (C=O) groups excluding carboxylic acids is 2. The van der Waals surface area contributed by atoms with Gasteiger partial charge in [0.05, 0.1) is 11.4 Å². The molecule has 0 radical (unpaired) electrons. The molecule has 0 aliphatic carbocycles. The highest BCUT2D eigenvalue weighted by molar-refractivity contribution is 7.21. The number of amides is 2. The number of primary amides is 1. The molecule has 0 atom stereocenters. The Bertz CT molecular complexity index is 1410. The summed E-state index contributed by atoms with van der Waals surface area (Å²) in [4.78, 5) is 28.4. The van der Waals surface area contributed by atoms with Crippen molar-refractivity contribution in [2.75, 3.05) is 5.32 Å². The number of nitrogens with two attached hydrogens (primary N) is 1. The molecule has 3 N–H and O–H groups in total. The Labute approximate surface area is 187 Å². The van der Waals surface area contributed by atoms with Crippen LogP contribution >= 0.6 is 11.3 Å². The lowest BCUT2D eigenvalue weighted by molar-refractivity contribution is -0.140. The summed E-state index contributed by atoms with van der Waals surface area (Å²) in [5, 5.41) is 6.75. The van der Waals surface area contributed by atoms with E-state index in [0.717, 1.165) is 18.2 Å². The number of hydrogen-bond donors (Lipinski definition) is 2. The number of anilines is 1. The number of halogens is 4. The van der Waals surface area contributed by atoms with E-state index >= 15 is 0 Å². The van der Waals surface area contributed by atoms with E-state index in [4.69, 9.17) is 5.73 Å². The average Bonchev–Trinajstić information content (AvgIpc) is 3.26. The molecule has 0 fully saturated rings. The van der Waals surface area contributed by atoms with E-state index in [9.17, 15) is 27.2 Å². The van der Waals surface area contributed by atoms with Gasteiger partial charge in [-0.25, -0.2) is 9.37 Å². The SMILES string of the molecule is Cc1cc(C(=O)Nc2c(C(N)=O)sc3nc(C(F)(F)F)cc(-c4ccc(F)cc4)c23)n(C)n1. The molecule has 4 rings (SSSR count). The van der Waals surface area contributed by atoms with Gasteiger partial charge in [0.25, 0.3) is 11.8 Å². The van der Waals surface area contributed by atoms with Crippen LogP contribution in [0, 0.1) is 12.7 Å². The first kappa shape index (κ1) is 22.4. The van der Waals surface area contributed by atoms with Gasteiger partial charge in [0.1, 0.15) is 26.9 Å². The number of nitrogens with zero attached hydrogens (tertiary/aromatic N) is 3. The number of carbonyl (C=O) groups is 2. The predicted octanol–water partition coefficient (Wildman–Crippen LogP) is 4.51. The molecule has 0 aliphatic rings. The van der Waals surface area contributed by atoms with Gasteiger partial charge >= 0.3 is 6.18 Å². The zero-order chi connectivity index (χ0) is 24.1. The molecule has 33 heavy (non-hydrogen) atoms. The van der Waals surface area contributed by atoms with Gasteiger partial charge in [-0.1, -0.05) is 12.1 Å². The van der Waals surface area contributed by atoms with Gasteiger partial charge in [0, 0.05) is 12.4 Å². The maximum absolute atomic E-state index is 13.5. The quantitative estimate of drug-likeness (QED) is 0.422. The second kappa shape index (κ2) is 7.96. The second-order valence-corrected chi connectivity index (χ2v) is 8.16. The minimum Gasteiger partial charge on any atom is -0.365 e. The minimum atomic E-state index is -4.78. The minimum absolute atomic E-state index is 0.00700. The van der Waals surface area contributed by atoms with Gasteiger partial charge in [0.15, 0.2) is 0 Å². The van der Waals surface area contributed by atoms with Crippen LogP contribution in [0.5, 0.6) is 0 Å². The second-order valence-electron chi connectivity index (χ2n) is 7.16. The molecule has 2 amide bonds.